The number of fused-ring (bicyclic) bond motifs is 1. The topological polar surface area (TPSA) is 52.7 Å². The SMILES string of the molecule is O=C1NC(c2ccccc2)(c2ccccc2)C(=O)N1CN1CCc2sccc2C1c1cccs1. The lowest BCUT2D eigenvalue weighted by atomic mass is 9.83. The first-order valence-corrected chi connectivity index (χ1v) is 13.0. The van der Waals surface area contributed by atoms with E-state index in [2.05, 4.69) is 39.2 Å². The van der Waals surface area contributed by atoms with Gasteiger partial charge in [0.05, 0.1) is 12.7 Å². The molecule has 7 heteroatoms. The Hall–Kier alpha value is -3.26. The molecule has 0 aliphatic carbocycles. The summed E-state index contributed by atoms with van der Waals surface area (Å²) >= 11 is 3.50. The summed E-state index contributed by atoms with van der Waals surface area (Å²) < 4.78 is 0. The highest BCUT2D eigenvalue weighted by Crippen LogP contribution is 2.41. The van der Waals surface area contributed by atoms with Crippen molar-refractivity contribution in [2.45, 2.75) is 18.0 Å². The van der Waals surface area contributed by atoms with Crippen molar-refractivity contribution in [3.8, 4) is 0 Å². The molecule has 0 radical (unpaired) electrons. The van der Waals surface area contributed by atoms with Crippen LogP contribution in [-0.2, 0) is 16.8 Å². The van der Waals surface area contributed by atoms with Crippen molar-refractivity contribution >= 4 is 34.6 Å². The van der Waals surface area contributed by atoms with E-state index < -0.39 is 5.54 Å². The molecule has 2 aliphatic heterocycles. The van der Waals surface area contributed by atoms with Crippen LogP contribution in [0.1, 0.15) is 32.5 Å². The standard InChI is InChI=1S/C27H23N3O2S2/c31-25-27(19-8-3-1-4-9-19,20-10-5-2-6-11-20)28-26(32)30(25)18-29-15-13-22-21(14-17-34-22)24(29)23-12-7-16-33-23/h1-12,14,16-17,24H,13,15,18H2,(H,28,32). The number of rotatable bonds is 5. The minimum Gasteiger partial charge on any atom is -0.315 e. The van der Waals surface area contributed by atoms with Gasteiger partial charge in [0.25, 0.3) is 5.91 Å². The number of nitrogens with one attached hydrogen (secondary N) is 1. The third-order valence-electron chi connectivity index (χ3n) is 6.72. The van der Waals surface area contributed by atoms with Crippen molar-refractivity contribution < 1.29 is 9.59 Å². The highest BCUT2D eigenvalue weighted by Gasteiger charge is 2.54. The van der Waals surface area contributed by atoms with Crippen LogP contribution in [0.4, 0.5) is 4.79 Å². The second-order valence-corrected chi connectivity index (χ2v) is 10.5. The minimum atomic E-state index is -1.23. The van der Waals surface area contributed by atoms with Gasteiger partial charge in [0.1, 0.15) is 0 Å². The smallest absolute Gasteiger partial charge is 0.315 e. The number of benzene rings is 2. The predicted octanol–water partition coefficient (Wildman–Crippen LogP) is 5.21. The number of imide groups is 1. The van der Waals surface area contributed by atoms with Crippen molar-refractivity contribution in [2.75, 3.05) is 13.2 Å². The molecule has 4 aromatic rings. The summed E-state index contributed by atoms with van der Waals surface area (Å²) in [5.41, 5.74) is 1.57. The number of hydrogen-bond donors (Lipinski definition) is 1. The monoisotopic (exact) mass is 485 g/mol. The van der Waals surface area contributed by atoms with Crippen molar-refractivity contribution in [1.29, 1.82) is 0 Å². The molecular weight excluding hydrogens is 462 g/mol. The Balaban J connectivity index is 1.39. The van der Waals surface area contributed by atoms with Gasteiger partial charge in [0.2, 0.25) is 0 Å². The van der Waals surface area contributed by atoms with E-state index in [-0.39, 0.29) is 24.6 Å². The molecule has 0 bridgehead atoms. The number of nitrogens with zero attached hydrogens (tertiary/aromatic N) is 2. The minimum absolute atomic E-state index is 0.0408. The summed E-state index contributed by atoms with van der Waals surface area (Å²) in [7, 11) is 0. The van der Waals surface area contributed by atoms with Gasteiger partial charge in [-0.25, -0.2) is 9.69 Å². The van der Waals surface area contributed by atoms with E-state index in [0.717, 1.165) is 24.1 Å². The molecule has 1 N–H and O–H groups in total. The maximum absolute atomic E-state index is 14.1. The Kier molecular flexibility index (Phi) is 5.32. The Bertz CT molecular complexity index is 1280. The van der Waals surface area contributed by atoms with E-state index in [0.29, 0.717) is 0 Å². The third-order valence-corrected chi connectivity index (χ3v) is 8.64. The van der Waals surface area contributed by atoms with Crippen LogP contribution in [-0.4, -0.2) is 35.0 Å². The molecule has 1 saturated heterocycles. The third kappa shape index (κ3) is 3.31. The molecule has 4 heterocycles. The van der Waals surface area contributed by atoms with Crippen LogP contribution < -0.4 is 5.32 Å². The van der Waals surface area contributed by atoms with Crippen molar-refractivity contribution in [3.05, 3.63) is 116 Å². The highest BCUT2D eigenvalue weighted by atomic mass is 32.1. The van der Waals surface area contributed by atoms with Crippen molar-refractivity contribution in [2.24, 2.45) is 0 Å². The van der Waals surface area contributed by atoms with E-state index in [1.165, 1.54) is 20.2 Å². The van der Waals surface area contributed by atoms with E-state index in [4.69, 9.17) is 0 Å². The summed E-state index contributed by atoms with van der Waals surface area (Å²) in [6.07, 6.45) is 0.918. The molecule has 3 amide bonds. The van der Waals surface area contributed by atoms with E-state index in [1.54, 1.807) is 22.7 Å². The van der Waals surface area contributed by atoms with Gasteiger partial charge in [0.15, 0.2) is 5.54 Å². The Morgan fingerprint density at radius 2 is 1.56 bits per heavy atom. The van der Waals surface area contributed by atoms with Gasteiger partial charge >= 0.3 is 6.03 Å². The first-order valence-electron chi connectivity index (χ1n) is 11.3. The second kappa shape index (κ2) is 8.51. The normalized spacial score (nSPS) is 19.8. The first-order chi connectivity index (χ1) is 16.7. The van der Waals surface area contributed by atoms with Crippen LogP contribution in [0.5, 0.6) is 0 Å². The molecular formula is C27H23N3O2S2. The number of amides is 3. The molecule has 0 spiro atoms. The molecule has 2 aromatic carbocycles. The average Bonchev–Trinajstić information content (AvgIpc) is 3.62. The summed E-state index contributed by atoms with van der Waals surface area (Å²) in [5, 5.41) is 7.29. The van der Waals surface area contributed by atoms with Crippen LogP contribution in [0.25, 0.3) is 0 Å². The Labute approximate surface area is 206 Å². The molecule has 34 heavy (non-hydrogen) atoms. The zero-order chi connectivity index (χ0) is 23.1. The fourth-order valence-electron chi connectivity index (χ4n) is 5.12. The lowest BCUT2D eigenvalue weighted by Gasteiger charge is -2.37. The molecule has 2 aromatic heterocycles. The summed E-state index contributed by atoms with van der Waals surface area (Å²) in [5.74, 6) is -0.240. The van der Waals surface area contributed by atoms with Crippen LogP contribution in [0.2, 0.25) is 0 Å². The molecule has 0 saturated carbocycles. The average molecular weight is 486 g/mol. The summed E-state index contributed by atoms with van der Waals surface area (Å²) in [4.78, 5) is 33.8. The van der Waals surface area contributed by atoms with Crippen LogP contribution >= 0.6 is 22.7 Å². The van der Waals surface area contributed by atoms with E-state index >= 15 is 0 Å². The zero-order valence-corrected chi connectivity index (χ0v) is 20.0. The second-order valence-electron chi connectivity index (χ2n) is 8.57. The maximum Gasteiger partial charge on any atom is 0.326 e. The largest absolute Gasteiger partial charge is 0.326 e. The number of hydrogen-bond acceptors (Lipinski definition) is 5. The summed E-state index contributed by atoms with van der Waals surface area (Å²) in [6, 6.07) is 25.1. The molecule has 1 atom stereocenters. The van der Waals surface area contributed by atoms with Gasteiger partial charge in [-0.15, -0.1) is 22.7 Å². The van der Waals surface area contributed by atoms with Gasteiger partial charge in [-0.3, -0.25) is 9.69 Å². The van der Waals surface area contributed by atoms with E-state index in [9.17, 15) is 9.59 Å². The fraction of sp³-hybridized carbons (Fsp3) is 0.185. The Morgan fingerprint density at radius 3 is 2.21 bits per heavy atom. The number of thiophene rings is 2. The van der Waals surface area contributed by atoms with E-state index in [1.807, 2.05) is 60.7 Å². The molecule has 6 rings (SSSR count). The van der Waals surface area contributed by atoms with Crippen LogP contribution in [0, 0.1) is 0 Å². The van der Waals surface area contributed by atoms with Crippen LogP contribution in [0.3, 0.4) is 0 Å². The molecule has 1 fully saturated rings. The Morgan fingerprint density at radius 1 is 0.853 bits per heavy atom. The van der Waals surface area contributed by atoms with Crippen molar-refractivity contribution in [1.82, 2.24) is 15.1 Å². The van der Waals surface area contributed by atoms with Gasteiger partial charge in [0, 0.05) is 16.3 Å². The lowest BCUT2D eigenvalue weighted by Crippen LogP contribution is -2.48. The van der Waals surface area contributed by atoms with Gasteiger partial charge < -0.3 is 5.32 Å². The number of urea groups is 1. The van der Waals surface area contributed by atoms with Gasteiger partial charge in [-0.2, -0.15) is 0 Å². The predicted molar refractivity (Wildman–Crippen MR) is 135 cm³/mol. The van der Waals surface area contributed by atoms with Crippen LogP contribution in [0.15, 0.2) is 89.6 Å². The first kappa shape index (κ1) is 21.3. The number of carbonyl (C=O) groups excluding carboxylic acids is 2. The molecule has 1 unspecified atom stereocenters. The highest BCUT2D eigenvalue weighted by molar-refractivity contribution is 7.10. The quantitative estimate of drug-likeness (QED) is 0.395. The maximum atomic E-state index is 14.1. The summed E-state index contributed by atoms with van der Waals surface area (Å²) in [6.45, 7) is 1.03. The molecule has 170 valence electrons. The van der Waals surface area contributed by atoms with Crippen molar-refractivity contribution in [3.63, 3.8) is 0 Å². The zero-order valence-electron chi connectivity index (χ0n) is 18.4. The fourth-order valence-corrected chi connectivity index (χ4v) is 6.90. The van der Waals surface area contributed by atoms with Gasteiger partial charge in [-0.1, -0.05) is 66.7 Å². The molecule has 5 nitrogen and oxygen atoms in total. The lowest BCUT2D eigenvalue weighted by molar-refractivity contribution is -0.132. The molecule has 2 aliphatic rings. The number of carbonyl (C=O) groups is 2. The van der Waals surface area contributed by atoms with Gasteiger partial charge in [-0.05, 0) is 46.0 Å².